The van der Waals surface area contributed by atoms with E-state index in [0.29, 0.717) is 0 Å². The van der Waals surface area contributed by atoms with Crippen LogP contribution in [0.4, 0.5) is 13.2 Å². The summed E-state index contributed by atoms with van der Waals surface area (Å²) < 4.78 is 40.7. The van der Waals surface area contributed by atoms with Crippen LogP contribution >= 0.6 is 11.6 Å². The van der Waals surface area contributed by atoms with Crippen molar-refractivity contribution in [3.05, 3.63) is 76.8 Å². The van der Waals surface area contributed by atoms with Gasteiger partial charge in [-0.25, -0.2) is 4.68 Å². The monoisotopic (exact) mass is 408 g/mol. The van der Waals surface area contributed by atoms with Gasteiger partial charge in [-0.2, -0.15) is 18.3 Å². The third-order valence-corrected chi connectivity index (χ3v) is 4.71. The average molecular weight is 409 g/mol. The normalized spacial score (nSPS) is 12.6. The van der Waals surface area contributed by atoms with E-state index in [1.807, 2.05) is 0 Å². The molecule has 1 amide bonds. The van der Waals surface area contributed by atoms with Crippen LogP contribution in [-0.2, 0) is 6.18 Å². The fraction of sp³-hybridized carbons (Fsp3) is 0.211. The molecule has 0 aliphatic carbocycles. The summed E-state index contributed by atoms with van der Waals surface area (Å²) in [7, 11) is 1.52. The number of alkyl halides is 3. The lowest BCUT2D eigenvalue weighted by Gasteiger charge is -2.25. The summed E-state index contributed by atoms with van der Waals surface area (Å²) >= 11 is 6.12. The molecule has 146 valence electrons. The molecule has 0 saturated carbocycles. The largest absolute Gasteiger partial charge is 0.435 e. The zero-order valence-corrected chi connectivity index (χ0v) is 15.7. The van der Waals surface area contributed by atoms with E-state index < -0.39 is 17.8 Å². The van der Waals surface area contributed by atoms with Crippen LogP contribution in [0.1, 0.15) is 34.7 Å². The Bertz CT molecular complexity index is 988. The van der Waals surface area contributed by atoms with Crippen molar-refractivity contribution in [2.45, 2.75) is 19.1 Å². The number of pyridine rings is 1. The number of amides is 1. The van der Waals surface area contributed by atoms with Crippen molar-refractivity contribution in [2.75, 3.05) is 7.05 Å². The number of halogens is 4. The molecule has 28 heavy (non-hydrogen) atoms. The topological polar surface area (TPSA) is 51.0 Å². The van der Waals surface area contributed by atoms with Crippen LogP contribution < -0.4 is 0 Å². The molecule has 0 bridgehead atoms. The van der Waals surface area contributed by atoms with Crippen molar-refractivity contribution in [3.63, 3.8) is 0 Å². The number of nitrogens with zero attached hydrogens (tertiary/aromatic N) is 4. The predicted octanol–water partition coefficient (Wildman–Crippen LogP) is 4.77. The van der Waals surface area contributed by atoms with Crippen LogP contribution in [0.25, 0.3) is 5.69 Å². The minimum atomic E-state index is -4.70. The van der Waals surface area contributed by atoms with E-state index in [9.17, 15) is 18.0 Å². The molecule has 2 aromatic heterocycles. The van der Waals surface area contributed by atoms with Gasteiger partial charge in [-0.15, -0.1) is 0 Å². The Hall–Kier alpha value is -2.87. The highest BCUT2D eigenvalue weighted by Crippen LogP contribution is 2.32. The van der Waals surface area contributed by atoms with E-state index in [-0.39, 0.29) is 22.4 Å². The maximum Gasteiger partial charge on any atom is 0.435 e. The van der Waals surface area contributed by atoms with E-state index in [1.165, 1.54) is 24.1 Å². The molecule has 0 saturated heterocycles. The first kappa shape index (κ1) is 19.9. The molecule has 0 radical (unpaired) electrons. The van der Waals surface area contributed by atoms with Crippen molar-refractivity contribution < 1.29 is 18.0 Å². The Morgan fingerprint density at radius 2 is 1.82 bits per heavy atom. The highest BCUT2D eigenvalue weighted by Gasteiger charge is 2.37. The minimum Gasteiger partial charge on any atom is -0.334 e. The molecule has 9 heteroatoms. The van der Waals surface area contributed by atoms with Gasteiger partial charge in [0.25, 0.3) is 5.91 Å². The van der Waals surface area contributed by atoms with E-state index in [1.54, 1.807) is 43.6 Å². The molecule has 0 aliphatic rings. The van der Waals surface area contributed by atoms with Crippen molar-refractivity contribution in [1.82, 2.24) is 19.7 Å². The van der Waals surface area contributed by atoms with Crippen molar-refractivity contribution in [2.24, 2.45) is 0 Å². The second-order valence-electron chi connectivity index (χ2n) is 6.15. The summed E-state index contributed by atoms with van der Waals surface area (Å²) in [5, 5.41) is 3.78. The first-order valence-electron chi connectivity index (χ1n) is 8.29. The van der Waals surface area contributed by atoms with Crippen LogP contribution in [-0.4, -0.2) is 32.6 Å². The Balaban J connectivity index is 2.06. The molecule has 1 aromatic carbocycles. The second kappa shape index (κ2) is 7.63. The number of carbonyl (C=O) groups is 1. The van der Waals surface area contributed by atoms with Gasteiger partial charge in [0, 0.05) is 25.5 Å². The van der Waals surface area contributed by atoms with Crippen molar-refractivity contribution >= 4 is 17.5 Å². The maximum absolute atomic E-state index is 13.2. The highest BCUT2D eigenvalue weighted by molar-refractivity contribution is 6.32. The Morgan fingerprint density at radius 1 is 1.18 bits per heavy atom. The fourth-order valence-corrected chi connectivity index (χ4v) is 2.92. The van der Waals surface area contributed by atoms with Gasteiger partial charge in [0.15, 0.2) is 5.69 Å². The molecule has 2 heterocycles. The SMILES string of the molecule is CC(c1ccncc1)N(C)C(=O)c1cc(C(F)(F)F)nn1-c1ccccc1Cl. The third kappa shape index (κ3) is 3.87. The highest BCUT2D eigenvalue weighted by atomic mass is 35.5. The summed E-state index contributed by atoms with van der Waals surface area (Å²) in [5.74, 6) is -0.618. The van der Waals surface area contributed by atoms with Crippen LogP contribution in [0.3, 0.4) is 0 Å². The maximum atomic E-state index is 13.2. The van der Waals surface area contributed by atoms with Crippen molar-refractivity contribution in [1.29, 1.82) is 0 Å². The molecule has 0 N–H and O–H groups in total. The summed E-state index contributed by atoms with van der Waals surface area (Å²) in [6.45, 7) is 1.77. The summed E-state index contributed by atoms with van der Waals surface area (Å²) in [6, 6.07) is 10.1. The summed E-state index contributed by atoms with van der Waals surface area (Å²) in [6.07, 6.45) is -1.53. The lowest BCUT2D eigenvalue weighted by atomic mass is 10.1. The molecule has 3 aromatic rings. The van der Waals surface area contributed by atoms with E-state index in [0.717, 1.165) is 16.3 Å². The zero-order chi connectivity index (χ0) is 20.5. The number of para-hydroxylation sites is 1. The average Bonchev–Trinajstić information content (AvgIpc) is 3.13. The Labute approximate surface area is 164 Å². The van der Waals surface area contributed by atoms with Gasteiger partial charge in [0.1, 0.15) is 5.69 Å². The van der Waals surface area contributed by atoms with Gasteiger partial charge in [0.2, 0.25) is 0 Å². The smallest absolute Gasteiger partial charge is 0.334 e. The Kier molecular flexibility index (Phi) is 5.42. The van der Waals surface area contributed by atoms with E-state index >= 15 is 0 Å². The first-order valence-corrected chi connectivity index (χ1v) is 8.67. The molecule has 5 nitrogen and oxygen atoms in total. The Morgan fingerprint density at radius 3 is 2.43 bits per heavy atom. The minimum absolute atomic E-state index is 0.179. The van der Waals surface area contributed by atoms with Gasteiger partial charge in [-0.05, 0) is 36.8 Å². The van der Waals surface area contributed by atoms with Crippen LogP contribution in [0, 0.1) is 0 Å². The number of benzene rings is 1. The van der Waals surface area contributed by atoms with Gasteiger partial charge in [-0.1, -0.05) is 23.7 Å². The standard InChI is InChI=1S/C19H16ClF3N4O/c1-12(13-7-9-24-10-8-13)26(2)18(28)16-11-17(19(21,22)23)25-27(16)15-6-4-3-5-14(15)20/h3-12H,1-2H3. The summed E-state index contributed by atoms with van der Waals surface area (Å²) in [4.78, 5) is 18.3. The lowest BCUT2D eigenvalue weighted by Crippen LogP contribution is -2.31. The summed E-state index contributed by atoms with van der Waals surface area (Å²) in [5.41, 5.74) is -0.414. The molecular formula is C19H16ClF3N4O. The van der Waals surface area contributed by atoms with Crippen LogP contribution in [0.2, 0.25) is 5.02 Å². The lowest BCUT2D eigenvalue weighted by molar-refractivity contribution is -0.141. The van der Waals surface area contributed by atoms with Crippen LogP contribution in [0.5, 0.6) is 0 Å². The van der Waals surface area contributed by atoms with E-state index in [4.69, 9.17) is 11.6 Å². The number of carbonyl (C=O) groups excluding carboxylic acids is 1. The predicted molar refractivity (Wildman–Crippen MR) is 98.3 cm³/mol. The third-order valence-electron chi connectivity index (χ3n) is 4.39. The molecule has 1 unspecified atom stereocenters. The number of aromatic nitrogens is 3. The first-order chi connectivity index (χ1) is 13.2. The number of hydrogen-bond acceptors (Lipinski definition) is 3. The fourth-order valence-electron chi connectivity index (χ4n) is 2.70. The van der Waals surface area contributed by atoms with Gasteiger partial charge < -0.3 is 4.90 Å². The van der Waals surface area contributed by atoms with E-state index in [2.05, 4.69) is 10.1 Å². The van der Waals surface area contributed by atoms with Gasteiger partial charge in [0.05, 0.1) is 16.8 Å². The zero-order valence-electron chi connectivity index (χ0n) is 15.0. The van der Waals surface area contributed by atoms with Gasteiger partial charge in [-0.3, -0.25) is 9.78 Å². The molecule has 1 atom stereocenters. The number of hydrogen-bond donors (Lipinski definition) is 0. The molecular weight excluding hydrogens is 393 g/mol. The molecule has 3 rings (SSSR count). The molecule has 0 fully saturated rings. The second-order valence-corrected chi connectivity index (χ2v) is 6.56. The van der Waals surface area contributed by atoms with Crippen LogP contribution in [0.15, 0.2) is 54.9 Å². The van der Waals surface area contributed by atoms with Gasteiger partial charge >= 0.3 is 6.18 Å². The number of rotatable bonds is 4. The van der Waals surface area contributed by atoms with Crippen molar-refractivity contribution in [3.8, 4) is 5.69 Å². The molecule has 0 aliphatic heterocycles. The molecule has 0 spiro atoms. The quantitative estimate of drug-likeness (QED) is 0.624.